The number of ether oxygens (including phenoxy) is 1. The number of hydrogen-bond acceptors (Lipinski definition) is 6. The molecule has 0 atom stereocenters. The maximum atomic E-state index is 11.0. The van der Waals surface area contributed by atoms with Crippen molar-refractivity contribution in [1.82, 2.24) is 9.97 Å². The Bertz CT molecular complexity index is 380. The highest BCUT2D eigenvalue weighted by atomic mass is 35.5. The molecule has 1 aromatic heterocycles. The van der Waals surface area contributed by atoms with Crippen LogP contribution in [0.3, 0.4) is 0 Å². The summed E-state index contributed by atoms with van der Waals surface area (Å²) in [5.74, 6) is -0.637. The van der Waals surface area contributed by atoms with Crippen molar-refractivity contribution in [2.75, 3.05) is 7.11 Å². The molecule has 7 heteroatoms. The van der Waals surface area contributed by atoms with Gasteiger partial charge in [-0.3, -0.25) is 0 Å². The van der Waals surface area contributed by atoms with Crippen molar-refractivity contribution in [3.8, 4) is 0 Å². The Balaban J connectivity index is 3.13. The van der Waals surface area contributed by atoms with Crippen LogP contribution in [0, 0.1) is 0 Å². The number of rotatable bonds is 2. The van der Waals surface area contributed by atoms with Crippen LogP contribution in [0.15, 0.2) is 11.2 Å². The van der Waals surface area contributed by atoms with Gasteiger partial charge >= 0.3 is 5.97 Å². The topological polar surface area (TPSA) is 84.7 Å². The van der Waals surface area contributed by atoms with Gasteiger partial charge in [0.25, 0.3) is 0 Å². The molecule has 0 unspecified atom stereocenters. The van der Waals surface area contributed by atoms with Gasteiger partial charge in [-0.1, -0.05) is 5.16 Å². The molecule has 0 aliphatic heterocycles. The number of nitrogens with zero attached hydrogens (tertiary/aromatic N) is 3. The van der Waals surface area contributed by atoms with E-state index in [4.69, 9.17) is 16.8 Å². The predicted octanol–water partition coefficient (Wildman–Crippen LogP) is 0.725. The van der Waals surface area contributed by atoms with Crippen LogP contribution in [0.25, 0.3) is 0 Å². The maximum Gasteiger partial charge on any atom is 0.356 e. The summed E-state index contributed by atoms with van der Waals surface area (Å²) >= 11 is 5.51. The lowest BCUT2D eigenvalue weighted by Crippen LogP contribution is -2.06. The van der Waals surface area contributed by atoms with Crippen LogP contribution in [0.1, 0.15) is 16.2 Å². The van der Waals surface area contributed by atoms with E-state index in [1.54, 1.807) is 0 Å². The van der Waals surface area contributed by atoms with Gasteiger partial charge in [-0.15, -0.1) is 0 Å². The van der Waals surface area contributed by atoms with Crippen LogP contribution in [0.4, 0.5) is 0 Å². The van der Waals surface area contributed by atoms with Gasteiger partial charge < -0.3 is 9.94 Å². The number of esters is 1. The Morgan fingerprint density at radius 3 is 3.00 bits per heavy atom. The SMILES string of the molecule is COC(=O)c1cc(/C=N\O)nc(Cl)n1. The zero-order valence-corrected chi connectivity index (χ0v) is 7.89. The minimum Gasteiger partial charge on any atom is -0.464 e. The monoisotopic (exact) mass is 215 g/mol. The molecule has 0 aliphatic rings. The molecule has 1 aromatic rings. The summed E-state index contributed by atoms with van der Waals surface area (Å²) in [5, 5.41) is 10.9. The Labute approximate surface area is 84.2 Å². The van der Waals surface area contributed by atoms with E-state index < -0.39 is 5.97 Å². The maximum absolute atomic E-state index is 11.0. The quantitative estimate of drug-likeness (QED) is 0.258. The van der Waals surface area contributed by atoms with Gasteiger partial charge in [0.15, 0.2) is 5.69 Å². The zero-order chi connectivity index (χ0) is 10.6. The van der Waals surface area contributed by atoms with Crippen molar-refractivity contribution >= 4 is 23.8 Å². The molecular weight excluding hydrogens is 210 g/mol. The molecule has 1 N–H and O–H groups in total. The average molecular weight is 216 g/mol. The van der Waals surface area contributed by atoms with Gasteiger partial charge in [-0.05, 0) is 17.7 Å². The first-order chi connectivity index (χ1) is 6.67. The highest BCUT2D eigenvalue weighted by Gasteiger charge is 2.10. The first-order valence-electron chi connectivity index (χ1n) is 3.47. The molecule has 0 amide bonds. The van der Waals surface area contributed by atoms with Gasteiger partial charge in [-0.25, -0.2) is 14.8 Å². The molecule has 0 aliphatic carbocycles. The molecular formula is C7H6ClN3O3. The van der Waals surface area contributed by atoms with Crippen LogP contribution in [-0.2, 0) is 4.74 Å². The number of methoxy groups -OCH3 is 1. The van der Waals surface area contributed by atoms with E-state index in [2.05, 4.69) is 19.9 Å². The predicted molar refractivity (Wildman–Crippen MR) is 47.8 cm³/mol. The van der Waals surface area contributed by atoms with Crippen molar-refractivity contribution in [3.63, 3.8) is 0 Å². The fourth-order valence-electron chi connectivity index (χ4n) is 0.770. The molecule has 0 saturated heterocycles. The highest BCUT2D eigenvalue weighted by Crippen LogP contribution is 2.05. The van der Waals surface area contributed by atoms with Gasteiger partial charge in [0.2, 0.25) is 5.28 Å². The summed E-state index contributed by atoms with van der Waals surface area (Å²) < 4.78 is 4.43. The van der Waals surface area contributed by atoms with Crippen LogP contribution >= 0.6 is 11.6 Å². The van der Waals surface area contributed by atoms with Crippen molar-refractivity contribution in [2.45, 2.75) is 0 Å². The van der Waals surface area contributed by atoms with Crippen LogP contribution in [-0.4, -0.2) is 34.5 Å². The van der Waals surface area contributed by atoms with Gasteiger partial charge in [0.1, 0.15) is 0 Å². The third-order valence-electron chi connectivity index (χ3n) is 1.30. The summed E-state index contributed by atoms with van der Waals surface area (Å²) in [4.78, 5) is 18.3. The third-order valence-corrected chi connectivity index (χ3v) is 1.47. The van der Waals surface area contributed by atoms with Crippen molar-refractivity contribution < 1.29 is 14.7 Å². The van der Waals surface area contributed by atoms with E-state index in [-0.39, 0.29) is 16.7 Å². The molecule has 0 bridgehead atoms. The van der Waals surface area contributed by atoms with Crippen LogP contribution in [0.2, 0.25) is 5.28 Å². The summed E-state index contributed by atoms with van der Waals surface area (Å²) in [7, 11) is 1.22. The number of halogens is 1. The van der Waals surface area contributed by atoms with E-state index in [1.807, 2.05) is 0 Å². The summed E-state index contributed by atoms with van der Waals surface area (Å²) in [6.45, 7) is 0. The van der Waals surface area contributed by atoms with Crippen molar-refractivity contribution in [3.05, 3.63) is 22.7 Å². The summed E-state index contributed by atoms with van der Waals surface area (Å²) in [6, 6.07) is 1.29. The van der Waals surface area contributed by atoms with Crippen LogP contribution in [0.5, 0.6) is 0 Å². The van der Waals surface area contributed by atoms with Gasteiger partial charge in [0, 0.05) is 0 Å². The van der Waals surface area contributed by atoms with Gasteiger partial charge in [-0.2, -0.15) is 0 Å². The fraction of sp³-hybridized carbons (Fsp3) is 0.143. The van der Waals surface area contributed by atoms with Crippen molar-refractivity contribution in [1.29, 1.82) is 0 Å². The van der Waals surface area contributed by atoms with E-state index in [0.29, 0.717) is 0 Å². The second-order valence-electron chi connectivity index (χ2n) is 2.18. The Hall–Kier alpha value is -1.69. The summed E-state index contributed by atoms with van der Waals surface area (Å²) in [6.07, 6.45) is 1.03. The Kier molecular flexibility index (Phi) is 3.35. The number of carbonyl (C=O) groups excluding carboxylic acids is 1. The normalized spacial score (nSPS) is 10.4. The molecule has 0 aromatic carbocycles. The molecule has 0 saturated carbocycles. The van der Waals surface area contributed by atoms with E-state index in [0.717, 1.165) is 6.21 Å². The Morgan fingerprint density at radius 2 is 2.43 bits per heavy atom. The zero-order valence-electron chi connectivity index (χ0n) is 7.14. The van der Waals surface area contributed by atoms with Crippen LogP contribution < -0.4 is 0 Å². The molecule has 0 fully saturated rings. The van der Waals surface area contributed by atoms with Crippen molar-refractivity contribution in [2.24, 2.45) is 5.16 Å². The number of aromatic nitrogens is 2. The first kappa shape index (κ1) is 10.4. The lowest BCUT2D eigenvalue weighted by Gasteiger charge is -1.99. The molecule has 0 spiro atoms. The van der Waals surface area contributed by atoms with Gasteiger partial charge in [0.05, 0.1) is 19.0 Å². The first-order valence-corrected chi connectivity index (χ1v) is 3.85. The smallest absolute Gasteiger partial charge is 0.356 e. The minimum atomic E-state index is -0.637. The second kappa shape index (κ2) is 4.52. The number of carbonyl (C=O) groups is 1. The van der Waals surface area contributed by atoms with E-state index in [9.17, 15) is 4.79 Å². The molecule has 14 heavy (non-hydrogen) atoms. The molecule has 74 valence electrons. The minimum absolute atomic E-state index is 0.00222. The molecule has 0 radical (unpaired) electrons. The molecule has 1 heterocycles. The third kappa shape index (κ3) is 2.40. The largest absolute Gasteiger partial charge is 0.464 e. The van der Waals surface area contributed by atoms with E-state index in [1.165, 1.54) is 13.2 Å². The second-order valence-corrected chi connectivity index (χ2v) is 2.52. The fourth-order valence-corrected chi connectivity index (χ4v) is 0.959. The highest BCUT2D eigenvalue weighted by molar-refractivity contribution is 6.28. The number of oxime groups is 1. The lowest BCUT2D eigenvalue weighted by molar-refractivity contribution is 0.0593. The number of hydrogen-bond donors (Lipinski definition) is 1. The average Bonchev–Trinajstić information content (AvgIpc) is 2.16. The lowest BCUT2D eigenvalue weighted by atomic mass is 10.3. The summed E-state index contributed by atoms with van der Waals surface area (Å²) in [5.41, 5.74) is 0.218. The Morgan fingerprint density at radius 1 is 1.71 bits per heavy atom. The standard InChI is InChI=1S/C7H6ClN3O3/c1-14-6(12)5-2-4(3-9-13)10-7(8)11-5/h2-3,13H,1H3/b9-3-. The van der Waals surface area contributed by atoms with E-state index >= 15 is 0 Å². The molecule has 1 rings (SSSR count). The molecule has 6 nitrogen and oxygen atoms in total.